The van der Waals surface area contributed by atoms with Gasteiger partial charge in [-0.1, -0.05) is 11.6 Å². The molecule has 1 amide bonds. The lowest BCUT2D eigenvalue weighted by molar-refractivity contribution is -0.116. The fourth-order valence-corrected chi connectivity index (χ4v) is 3.21. The third-order valence-corrected chi connectivity index (χ3v) is 4.75. The van der Waals surface area contributed by atoms with E-state index in [-0.39, 0.29) is 33.9 Å². The van der Waals surface area contributed by atoms with Crippen molar-refractivity contribution < 1.29 is 18.0 Å². The number of amides is 1. The Morgan fingerprint density at radius 1 is 1.10 bits per heavy atom. The van der Waals surface area contributed by atoms with Crippen LogP contribution in [0.5, 0.6) is 0 Å². The minimum Gasteiger partial charge on any atom is -0.341 e. The van der Waals surface area contributed by atoms with Gasteiger partial charge < -0.3 is 4.90 Å². The van der Waals surface area contributed by atoms with Crippen LogP contribution < -0.4 is 15.9 Å². The zero-order chi connectivity index (χ0) is 22.0. The Morgan fingerprint density at radius 2 is 1.73 bits per heavy atom. The Hall–Kier alpha value is -3.07. The molecule has 158 valence electrons. The van der Waals surface area contributed by atoms with Gasteiger partial charge in [-0.3, -0.25) is 15.0 Å². The normalized spacial score (nSPS) is 11.0. The molecule has 0 saturated heterocycles. The molecule has 0 fully saturated rings. The molecule has 3 aromatic rings. The van der Waals surface area contributed by atoms with Crippen molar-refractivity contribution in [3.63, 3.8) is 0 Å². The number of benzene rings is 2. The summed E-state index contributed by atoms with van der Waals surface area (Å²) >= 11 is 5.79. The number of hydrogen-bond donors (Lipinski definition) is 1. The van der Waals surface area contributed by atoms with Gasteiger partial charge in [-0.05, 0) is 37.6 Å². The molecule has 0 bridgehead atoms. The van der Waals surface area contributed by atoms with Crippen molar-refractivity contribution in [2.24, 2.45) is 0 Å². The molecule has 1 heterocycles. The van der Waals surface area contributed by atoms with E-state index in [2.05, 4.69) is 10.4 Å². The van der Waals surface area contributed by atoms with Crippen molar-refractivity contribution in [1.82, 2.24) is 9.66 Å². The highest BCUT2D eigenvalue weighted by atomic mass is 35.5. The van der Waals surface area contributed by atoms with Crippen LogP contribution in [0.15, 0.2) is 35.1 Å². The van der Waals surface area contributed by atoms with Crippen molar-refractivity contribution in [2.45, 2.75) is 20.3 Å². The van der Waals surface area contributed by atoms with Crippen LogP contribution in [0.4, 0.5) is 19.1 Å². The Kier molecular flexibility index (Phi) is 6.31. The molecule has 0 atom stereocenters. The van der Waals surface area contributed by atoms with E-state index in [1.807, 2.05) is 13.8 Å². The largest absolute Gasteiger partial charge is 0.341 e. The van der Waals surface area contributed by atoms with Gasteiger partial charge in [0.15, 0.2) is 0 Å². The number of halogens is 4. The molecule has 6 nitrogen and oxygen atoms in total. The topological polar surface area (TPSA) is 67.2 Å². The molecule has 1 N–H and O–H groups in total. The summed E-state index contributed by atoms with van der Waals surface area (Å²) in [7, 11) is 0. The van der Waals surface area contributed by atoms with E-state index in [0.29, 0.717) is 19.2 Å². The molecule has 0 spiro atoms. The maximum atomic E-state index is 13.9. The third kappa shape index (κ3) is 4.40. The molecule has 0 saturated carbocycles. The molecule has 0 radical (unpaired) electrons. The van der Waals surface area contributed by atoms with Crippen LogP contribution in [0.1, 0.15) is 19.4 Å². The van der Waals surface area contributed by atoms with Crippen molar-refractivity contribution in [2.75, 3.05) is 23.4 Å². The van der Waals surface area contributed by atoms with Crippen LogP contribution in [0.25, 0.3) is 10.9 Å². The van der Waals surface area contributed by atoms with Gasteiger partial charge in [-0.2, -0.15) is 4.68 Å². The maximum Gasteiger partial charge on any atom is 0.281 e. The molecule has 0 unspecified atom stereocenters. The number of nitrogens with zero attached hydrogens (tertiary/aromatic N) is 3. The van der Waals surface area contributed by atoms with Crippen LogP contribution in [0.2, 0.25) is 5.02 Å². The van der Waals surface area contributed by atoms with Crippen LogP contribution in [0.3, 0.4) is 0 Å². The highest BCUT2D eigenvalue weighted by Gasteiger charge is 2.19. The van der Waals surface area contributed by atoms with E-state index in [1.54, 1.807) is 4.90 Å². The Morgan fingerprint density at radius 3 is 2.33 bits per heavy atom. The second-order valence-electron chi connectivity index (χ2n) is 6.50. The summed E-state index contributed by atoms with van der Waals surface area (Å²) < 4.78 is 41.6. The van der Waals surface area contributed by atoms with Gasteiger partial charge >= 0.3 is 0 Å². The van der Waals surface area contributed by atoms with Gasteiger partial charge in [0.25, 0.3) is 5.56 Å². The first-order valence-electron chi connectivity index (χ1n) is 9.15. The number of nitrogens with one attached hydrogen (secondary N) is 1. The summed E-state index contributed by atoms with van der Waals surface area (Å²) in [4.78, 5) is 31.6. The molecule has 0 aliphatic rings. The smallest absolute Gasteiger partial charge is 0.281 e. The summed E-state index contributed by atoms with van der Waals surface area (Å²) in [5.41, 5.74) is 1.94. The number of hydrogen-bond acceptors (Lipinski definition) is 4. The SMILES string of the molecule is CCN(CC)c1nc2cc(F)c(Cl)cc2c(=O)n1NC(=O)Cc1cc(F)cc(F)c1. The maximum absolute atomic E-state index is 13.9. The van der Waals surface area contributed by atoms with Gasteiger partial charge in [0.2, 0.25) is 11.9 Å². The van der Waals surface area contributed by atoms with Crippen LogP contribution in [-0.2, 0) is 11.2 Å². The highest BCUT2D eigenvalue weighted by molar-refractivity contribution is 6.31. The molecule has 3 rings (SSSR count). The molecular weight excluding hydrogens is 421 g/mol. The van der Waals surface area contributed by atoms with Gasteiger partial charge in [-0.25, -0.2) is 18.2 Å². The van der Waals surface area contributed by atoms with E-state index in [9.17, 15) is 22.8 Å². The summed E-state index contributed by atoms with van der Waals surface area (Å²) in [5, 5.41) is -0.250. The van der Waals surface area contributed by atoms with E-state index in [1.165, 1.54) is 0 Å². The summed E-state index contributed by atoms with van der Waals surface area (Å²) in [6.45, 7) is 4.55. The number of carbonyl (C=O) groups is 1. The summed E-state index contributed by atoms with van der Waals surface area (Å²) in [5.74, 6) is -2.95. The lowest BCUT2D eigenvalue weighted by atomic mass is 10.1. The predicted octanol–water partition coefficient (Wildman–Crippen LogP) is 3.63. The molecule has 1 aromatic heterocycles. The van der Waals surface area contributed by atoms with Gasteiger partial charge in [0.05, 0.1) is 22.3 Å². The summed E-state index contributed by atoms with van der Waals surface area (Å²) in [6, 6.07) is 4.93. The highest BCUT2D eigenvalue weighted by Crippen LogP contribution is 2.21. The Labute approximate surface area is 174 Å². The molecule has 30 heavy (non-hydrogen) atoms. The standard InChI is InChI=1S/C20H18ClF3N4O2/c1-3-27(4-2)20-25-17-10-16(24)15(21)9-14(17)19(30)28(20)26-18(29)7-11-5-12(22)8-13(23)6-11/h5-6,8-10H,3-4,7H2,1-2H3,(H,26,29). The third-order valence-electron chi connectivity index (χ3n) is 4.46. The van der Waals surface area contributed by atoms with Gasteiger partial charge in [-0.15, -0.1) is 0 Å². The first kappa shape index (κ1) is 21.6. The lowest BCUT2D eigenvalue weighted by Crippen LogP contribution is -2.40. The summed E-state index contributed by atoms with van der Waals surface area (Å²) in [6.07, 6.45) is -0.374. The Bertz CT molecular complexity index is 1160. The van der Waals surface area contributed by atoms with Crippen molar-refractivity contribution in [3.8, 4) is 0 Å². The molecule has 0 aliphatic carbocycles. The van der Waals surface area contributed by atoms with Crippen molar-refractivity contribution in [1.29, 1.82) is 0 Å². The average molecular weight is 439 g/mol. The number of anilines is 1. The fourth-order valence-electron chi connectivity index (χ4n) is 3.05. The van der Waals surface area contributed by atoms with E-state index >= 15 is 0 Å². The molecule has 2 aromatic carbocycles. The van der Waals surface area contributed by atoms with E-state index < -0.39 is 28.9 Å². The minimum absolute atomic E-state index is 0.00871. The number of rotatable bonds is 6. The number of carbonyl (C=O) groups excluding carboxylic acids is 1. The fraction of sp³-hybridized carbons (Fsp3) is 0.250. The van der Waals surface area contributed by atoms with Crippen molar-refractivity contribution >= 4 is 34.4 Å². The van der Waals surface area contributed by atoms with Crippen molar-refractivity contribution in [3.05, 3.63) is 68.7 Å². The van der Waals surface area contributed by atoms with Crippen LogP contribution in [0, 0.1) is 17.5 Å². The Balaban J connectivity index is 2.06. The molecule has 10 heteroatoms. The van der Waals surface area contributed by atoms with Gasteiger partial charge in [0, 0.05) is 25.2 Å². The second kappa shape index (κ2) is 8.74. The van der Waals surface area contributed by atoms with Gasteiger partial charge in [0.1, 0.15) is 17.5 Å². The minimum atomic E-state index is -0.817. The lowest BCUT2D eigenvalue weighted by Gasteiger charge is -2.24. The zero-order valence-corrected chi connectivity index (χ0v) is 16.9. The number of aromatic nitrogens is 2. The average Bonchev–Trinajstić information content (AvgIpc) is 2.66. The van der Waals surface area contributed by atoms with E-state index in [0.717, 1.165) is 28.9 Å². The predicted molar refractivity (Wildman–Crippen MR) is 109 cm³/mol. The monoisotopic (exact) mass is 438 g/mol. The van der Waals surface area contributed by atoms with Crippen LogP contribution in [-0.4, -0.2) is 28.7 Å². The number of fused-ring (bicyclic) bond motifs is 1. The van der Waals surface area contributed by atoms with Crippen LogP contribution >= 0.6 is 11.6 Å². The first-order valence-corrected chi connectivity index (χ1v) is 9.52. The second-order valence-corrected chi connectivity index (χ2v) is 6.90. The quantitative estimate of drug-likeness (QED) is 0.638. The molecular formula is C20H18ClF3N4O2. The van der Waals surface area contributed by atoms with E-state index in [4.69, 9.17) is 11.6 Å². The zero-order valence-electron chi connectivity index (χ0n) is 16.2. The molecule has 0 aliphatic heterocycles. The first-order chi connectivity index (χ1) is 14.2.